The molecule has 1 saturated heterocycles. The summed E-state index contributed by atoms with van der Waals surface area (Å²) in [6.07, 6.45) is 1.29. The average Bonchev–Trinajstić information content (AvgIpc) is 2.30. The van der Waals surface area contributed by atoms with Crippen LogP contribution in [-0.2, 0) is 0 Å². The van der Waals surface area contributed by atoms with Crippen molar-refractivity contribution >= 4 is 0 Å². The Morgan fingerprint density at radius 2 is 1.67 bits per heavy atom. The molecule has 0 unspecified atom stereocenters. The van der Waals surface area contributed by atoms with Gasteiger partial charge < -0.3 is 15.1 Å². The van der Waals surface area contributed by atoms with Crippen LogP contribution in [0.3, 0.4) is 0 Å². The first-order valence-corrected chi connectivity index (χ1v) is 6.44. The topological polar surface area (TPSA) is 18.5 Å². The number of hydrogen-bond acceptors (Lipinski definition) is 3. The summed E-state index contributed by atoms with van der Waals surface area (Å²) in [5, 5.41) is 3.36. The lowest BCUT2D eigenvalue weighted by Gasteiger charge is -2.32. The Balaban J connectivity index is 0.000000921. The molecule has 0 atom stereocenters. The summed E-state index contributed by atoms with van der Waals surface area (Å²) in [4.78, 5) is 4.97. The van der Waals surface area contributed by atoms with E-state index >= 15 is 0 Å². The van der Waals surface area contributed by atoms with Crippen molar-refractivity contribution in [3.05, 3.63) is 0 Å². The van der Waals surface area contributed by atoms with Gasteiger partial charge in [-0.1, -0.05) is 20.8 Å². The summed E-state index contributed by atoms with van der Waals surface area (Å²) < 4.78 is 0. The van der Waals surface area contributed by atoms with Crippen LogP contribution in [0.15, 0.2) is 0 Å². The molecule has 1 rings (SSSR count). The molecule has 1 aliphatic rings. The van der Waals surface area contributed by atoms with Crippen LogP contribution < -0.4 is 5.32 Å². The van der Waals surface area contributed by atoms with Crippen molar-refractivity contribution in [1.29, 1.82) is 0 Å². The molecule has 0 saturated carbocycles. The Morgan fingerprint density at radius 1 is 1.07 bits per heavy atom. The second kappa shape index (κ2) is 10.4. The van der Waals surface area contributed by atoms with E-state index in [1.807, 2.05) is 13.8 Å². The molecule has 0 aromatic carbocycles. The van der Waals surface area contributed by atoms with Gasteiger partial charge in [0.2, 0.25) is 0 Å². The molecule has 1 aliphatic heterocycles. The van der Waals surface area contributed by atoms with E-state index in [9.17, 15) is 0 Å². The van der Waals surface area contributed by atoms with Crippen LogP contribution in [-0.4, -0.2) is 62.7 Å². The molecule has 0 amide bonds. The van der Waals surface area contributed by atoms with Crippen LogP contribution in [0, 0.1) is 0 Å². The molecule has 3 nitrogen and oxygen atoms in total. The SMILES string of the molecule is CC.CCNCCCN1CCN(C)CC1. The average molecular weight is 215 g/mol. The van der Waals surface area contributed by atoms with E-state index in [-0.39, 0.29) is 0 Å². The molecule has 0 bridgehead atoms. The van der Waals surface area contributed by atoms with Gasteiger partial charge in [0.25, 0.3) is 0 Å². The molecule has 15 heavy (non-hydrogen) atoms. The first kappa shape index (κ1) is 14.9. The summed E-state index contributed by atoms with van der Waals surface area (Å²) in [6, 6.07) is 0. The van der Waals surface area contributed by atoms with Crippen LogP contribution >= 0.6 is 0 Å². The molecule has 3 heteroatoms. The Morgan fingerprint density at radius 3 is 2.20 bits per heavy atom. The van der Waals surface area contributed by atoms with E-state index in [2.05, 4.69) is 29.1 Å². The lowest BCUT2D eigenvalue weighted by atomic mass is 10.3. The number of hydrogen-bond donors (Lipinski definition) is 1. The smallest absolute Gasteiger partial charge is 0.0110 e. The van der Waals surface area contributed by atoms with E-state index in [0.29, 0.717) is 0 Å². The zero-order valence-corrected chi connectivity index (χ0v) is 11.1. The van der Waals surface area contributed by atoms with Crippen molar-refractivity contribution in [3.63, 3.8) is 0 Å². The van der Waals surface area contributed by atoms with Crippen LogP contribution in [0.1, 0.15) is 27.2 Å². The molecule has 1 fully saturated rings. The van der Waals surface area contributed by atoms with Crippen LogP contribution in [0.25, 0.3) is 0 Å². The summed E-state index contributed by atoms with van der Waals surface area (Å²) in [5.41, 5.74) is 0. The minimum Gasteiger partial charge on any atom is -0.317 e. The van der Waals surface area contributed by atoms with Gasteiger partial charge in [0.05, 0.1) is 0 Å². The molecule has 0 radical (unpaired) electrons. The highest BCUT2D eigenvalue weighted by atomic mass is 15.2. The summed E-state index contributed by atoms with van der Waals surface area (Å²) in [7, 11) is 2.20. The standard InChI is InChI=1S/C10H23N3.C2H6/c1-3-11-5-4-6-13-9-7-12(2)8-10-13;1-2/h11H,3-10H2,1-2H3;1-2H3. The van der Waals surface area contributed by atoms with Crippen molar-refractivity contribution in [2.75, 3.05) is 52.9 Å². The first-order chi connectivity index (χ1) is 7.33. The normalized spacial score (nSPS) is 18.4. The van der Waals surface area contributed by atoms with Crippen molar-refractivity contribution in [1.82, 2.24) is 15.1 Å². The fourth-order valence-corrected chi connectivity index (χ4v) is 1.68. The van der Waals surface area contributed by atoms with Crippen LogP contribution in [0.5, 0.6) is 0 Å². The molecule has 0 aromatic heterocycles. The molecule has 92 valence electrons. The van der Waals surface area contributed by atoms with Crippen molar-refractivity contribution < 1.29 is 0 Å². The lowest BCUT2D eigenvalue weighted by molar-refractivity contribution is 0.153. The number of nitrogens with zero attached hydrogens (tertiary/aromatic N) is 2. The Hall–Kier alpha value is -0.120. The monoisotopic (exact) mass is 215 g/mol. The highest BCUT2D eigenvalue weighted by Crippen LogP contribution is 1.99. The van der Waals surface area contributed by atoms with Gasteiger partial charge in [0, 0.05) is 26.2 Å². The van der Waals surface area contributed by atoms with E-state index in [1.54, 1.807) is 0 Å². The Bertz CT molecular complexity index is 120. The van der Waals surface area contributed by atoms with Crippen molar-refractivity contribution in [2.24, 2.45) is 0 Å². The van der Waals surface area contributed by atoms with Gasteiger partial charge in [-0.3, -0.25) is 0 Å². The van der Waals surface area contributed by atoms with E-state index in [1.165, 1.54) is 45.7 Å². The fraction of sp³-hybridized carbons (Fsp3) is 1.00. The minimum absolute atomic E-state index is 1.10. The van der Waals surface area contributed by atoms with Crippen LogP contribution in [0.4, 0.5) is 0 Å². The molecule has 0 aromatic rings. The maximum atomic E-state index is 3.36. The third-order valence-corrected chi connectivity index (χ3v) is 2.67. The van der Waals surface area contributed by atoms with E-state index in [0.717, 1.165) is 6.54 Å². The van der Waals surface area contributed by atoms with Gasteiger partial charge in [-0.15, -0.1) is 0 Å². The number of nitrogens with one attached hydrogen (secondary N) is 1. The maximum absolute atomic E-state index is 3.36. The predicted molar refractivity (Wildman–Crippen MR) is 68.4 cm³/mol. The van der Waals surface area contributed by atoms with Gasteiger partial charge in [-0.05, 0) is 33.1 Å². The first-order valence-electron chi connectivity index (χ1n) is 6.44. The second-order valence-electron chi connectivity index (χ2n) is 3.85. The minimum atomic E-state index is 1.10. The lowest BCUT2D eigenvalue weighted by Crippen LogP contribution is -2.45. The summed E-state index contributed by atoms with van der Waals surface area (Å²) in [5.74, 6) is 0. The predicted octanol–water partition coefficient (Wildman–Crippen LogP) is 1.26. The highest BCUT2D eigenvalue weighted by molar-refractivity contribution is 4.69. The second-order valence-corrected chi connectivity index (χ2v) is 3.85. The molecule has 1 heterocycles. The van der Waals surface area contributed by atoms with Gasteiger partial charge in [-0.25, -0.2) is 0 Å². The molecular weight excluding hydrogens is 186 g/mol. The molecular formula is C12H29N3. The quantitative estimate of drug-likeness (QED) is 0.697. The third-order valence-electron chi connectivity index (χ3n) is 2.67. The fourth-order valence-electron chi connectivity index (χ4n) is 1.68. The Kier molecular flexibility index (Phi) is 10.3. The van der Waals surface area contributed by atoms with Gasteiger partial charge in [-0.2, -0.15) is 0 Å². The Labute approximate surface area is 95.8 Å². The van der Waals surface area contributed by atoms with Crippen LogP contribution in [0.2, 0.25) is 0 Å². The van der Waals surface area contributed by atoms with Gasteiger partial charge >= 0.3 is 0 Å². The van der Waals surface area contributed by atoms with Crippen molar-refractivity contribution in [3.8, 4) is 0 Å². The van der Waals surface area contributed by atoms with Gasteiger partial charge in [0.1, 0.15) is 0 Å². The molecule has 0 aliphatic carbocycles. The third kappa shape index (κ3) is 7.77. The molecule has 0 spiro atoms. The number of rotatable bonds is 5. The van der Waals surface area contributed by atoms with E-state index in [4.69, 9.17) is 0 Å². The van der Waals surface area contributed by atoms with Crippen molar-refractivity contribution in [2.45, 2.75) is 27.2 Å². The zero-order chi connectivity index (χ0) is 11.5. The highest BCUT2D eigenvalue weighted by Gasteiger charge is 2.12. The zero-order valence-electron chi connectivity index (χ0n) is 11.1. The maximum Gasteiger partial charge on any atom is 0.0110 e. The molecule has 1 N–H and O–H groups in total. The summed E-state index contributed by atoms with van der Waals surface area (Å²) in [6.45, 7) is 14.7. The van der Waals surface area contributed by atoms with Gasteiger partial charge in [0.15, 0.2) is 0 Å². The largest absolute Gasteiger partial charge is 0.317 e. The number of likely N-dealkylation sites (N-methyl/N-ethyl adjacent to an activating group) is 1. The summed E-state index contributed by atoms with van der Waals surface area (Å²) >= 11 is 0. The van der Waals surface area contributed by atoms with E-state index < -0.39 is 0 Å². The number of piperazine rings is 1.